The number of hydrogen-bond acceptors (Lipinski definition) is 7. The summed E-state index contributed by atoms with van der Waals surface area (Å²) in [5.41, 5.74) is 3.96. The number of esters is 2. The molecule has 252 valence electrons. The fraction of sp³-hybridized carbons (Fsp3) is 0.789. The highest BCUT2D eigenvalue weighted by molar-refractivity contribution is 7.99. The molecule has 0 bridgehead atoms. The highest BCUT2D eigenvalue weighted by atomic mass is 32.2. The minimum absolute atomic E-state index is 0.0168. The smallest absolute Gasteiger partial charge is 0.303 e. The molecule has 45 heavy (non-hydrogen) atoms. The molecule has 0 spiro atoms. The second-order valence-corrected chi connectivity index (χ2v) is 16.3. The van der Waals surface area contributed by atoms with Crippen molar-refractivity contribution < 1.29 is 28.5 Å². The molecular formula is C38H58O6S. The SMILES string of the molecule is CCSCCCC/C=C(\C)[C@H]1CC[C@H]2[C@@H]3CC=C4C[C@@H](OC5C=C[C@H](OC(C)=O)[C@@H](COC(C)=O)O5)CC[C@]4(C)[C@H]3CC[C@]12C. The first-order valence-corrected chi connectivity index (χ1v) is 18.9. The van der Waals surface area contributed by atoms with Gasteiger partial charge < -0.3 is 18.9 Å². The van der Waals surface area contributed by atoms with Crippen LogP contribution < -0.4 is 0 Å². The fourth-order valence-electron chi connectivity index (χ4n) is 9.98. The van der Waals surface area contributed by atoms with Crippen molar-refractivity contribution in [1.82, 2.24) is 0 Å². The Labute approximate surface area is 276 Å². The van der Waals surface area contributed by atoms with Crippen LogP contribution >= 0.6 is 11.8 Å². The number of thioether (sulfide) groups is 1. The lowest BCUT2D eigenvalue weighted by atomic mass is 9.47. The Kier molecular flexibility index (Phi) is 11.7. The van der Waals surface area contributed by atoms with E-state index in [1.807, 2.05) is 6.08 Å². The zero-order valence-corrected chi connectivity index (χ0v) is 29.5. The van der Waals surface area contributed by atoms with Gasteiger partial charge in [-0.1, -0.05) is 44.1 Å². The predicted octanol–water partition coefficient (Wildman–Crippen LogP) is 8.60. The quantitative estimate of drug-likeness (QED) is 0.120. The summed E-state index contributed by atoms with van der Waals surface area (Å²) < 4.78 is 23.2. The predicted molar refractivity (Wildman–Crippen MR) is 181 cm³/mol. The standard InChI is InChI=1S/C38H58O6S/c1-7-45-22-10-8-9-11-25(2)31-14-15-32-30-13-12-28-23-29(18-20-37(28,5)33(30)19-21-38(31,32)6)43-36-17-16-34(42-27(4)40)35(44-36)24-41-26(3)39/h11-12,16-17,29-36H,7-10,13-15,18-24H2,1-6H3/b25-11+/t29-,30-,31+,32-,33-,34-,35+,36?,37-,38+/m0/s1. The maximum Gasteiger partial charge on any atom is 0.303 e. The number of fused-ring (bicyclic) bond motifs is 5. The number of hydrogen-bond donors (Lipinski definition) is 0. The number of ether oxygens (including phenoxy) is 4. The van der Waals surface area contributed by atoms with E-state index < -0.39 is 30.4 Å². The van der Waals surface area contributed by atoms with Gasteiger partial charge in [-0.3, -0.25) is 9.59 Å². The molecule has 5 aliphatic rings. The normalized spacial score (nSPS) is 39.3. The lowest BCUT2D eigenvalue weighted by molar-refractivity contribution is -0.213. The van der Waals surface area contributed by atoms with Gasteiger partial charge in [0.2, 0.25) is 0 Å². The molecule has 0 saturated heterocycles. The summed E-state index contributed by atoms with van der Waals surface area (Å²) in [5.74, 6) is 4.89. The van der Waals surface area contributed by atoms with Gasteiger partial charge in [-0.05, 0) is 136 Å². The van der Waals surface area contributed by atoms with Crippen LogP contribution in [-0.4, -0.2) is 54.7 Å². The topological polar surface area (TPSA) is 71.1 Å². The number of carbonyl (C=O) groups excluding carboxylic acids is 2. The first-order chi connectivity index (χ1) is 21.5. The van der Waals surface area contributed by atoms with E-state index in [2.05, 4.69) is 51.6 Å². The van der Waals surface area contributed by atoms with Crippen molar-refractivity contribution in [3.63, 3.8) is 0 Å². The summed E-state index contributed by atoms with van der Waals surface area (Å²) in [6.45, 7) is 12.6. The Morgan fingerprint density at radius 3 is 2.60 bits per heavy atom. The van der Waals surface area contributed by atoms with Crippen molar-refractivity contribution in [1.29, 1.82) is 0 Å². The van der Waals surface area contributed by atoms with Crippen LogP contribution in [0.2, 0.25) is 0 Å². The van der Waals surface area contributed by atoms with Crippen LogP contribution in [0.4, 0.5) is 0 Å². The van der Waals surface area contributed by atoms with Crippen molar-refractivity contribution in [2.45, 2.75) is 137 Å². The molecule has 3 saturated carbocycles. The molecule has 4 aliphatic carbocycles. The summed E-state index contributed by atoms with van der Waals surface area (Å²) in [6, 6.07) is 0. The summed E-state index contributed by atoms with van der Waals surface area (Å²) in [5, 5.41) is 0. The van der Waals surface area contributed by atoms with E-state index in [9.17, 15) is 9.59 Å². The Morgan fingerprint density at radius 1 is 1.02 bits per heavy atom. The van der Waals surface area contributed by atoms with Crippen LogP contribution in [0.1, 0.15) is 112 Å². The Balaban J connectivity index is 1.20. The Morgan fingerprint density at radius 2 is 1.84 bits per heavy atom. The van der Waals surface area contributed by atoms with Gasteiger partial charge in [0.15, 0.2) is 6.29 Å². The molecule has 7 heteroatoms. The monoisotopic (exact) mass is 642 g/mol. The zero-order valence-electron chi connectivity index (χ0n) is 28.7. The summed E-state index contributed by atoms with van der Waals surface area (Å²) in [4.78, 5) is 23.0. The number of unbranched alkanes of at least 4 members (excludes halogenated alkanes) is 2. The van der Waals surface area contributed by atoms with Crippen molar-refractivity contribution >= 4 is 23.7 Å². The van der Waals surface area contributed by atoms with Crippen LogP contribution in [0, 0.1) is 34.5 Å². The first kappa shape index (κ1) is 34.8. The van der Waals surface area contributed by atoms with Gasteiger partial charge in [0, 0.05) is 13.8 Å². The third kappa shape index (κ3) is 7.78. The number of allylic oxidation sites excluding steroid dienone is 3. The molecule has 6 nitrogen and oxygen atoms in total. The van der Waals surface area contributed by atoms with Crippen molar-refractivity contribution in [3.05, 3.63) is 35.5 Å². The van der Waals surface area contributed by atoms with E-state index in [1.54, 1.807) is 17.2 Å². The molecule has 1 unspecified atom stereocenters. The average Bonchev–Trinajstić information content (AvgIpc) is 3.36. The molecule has 0 N–H and O–H groups in total. The highest BCUT2D eigenvalue weighted by Gasteiger charge is 2.58. The van der Waals surface area contributed by atoms with E-state index >= 15 is 0 Å². The molecule has 0 aromatic carbocycles. The van der Waals surface area contributed by atoms with Crippen LogP contribution in [0.5, 0.6) is 0 Å². The zero-order chi connectivity index (χ0) is 32.2. The molecule has 5 rings (SSSR count). The van der Waals surface area contributed by atoms with E-state index in [-0.39, 0.29) is 18.1 Å². The molecule has 0 radical (unpaired) electrons. The van der Waals surface area contributed by atoms with Crippen LogP contribution in [0.25, 0.3) is 0 Å². The van der Waals surface area contributed by atoms with Gasteiger partial charge in [0.05, 0.1) is 6.10 Å². The lowest BCUT2D eigenvalue weighted by Gasteiger charge is -2.58. The molecular weight excluding hydrogens is 584 g/mol. The first-order valence-electron chi connectivity index (χ1n) is 17.8. The maximum atomic E-state index is 11.6. The van der Waals surface area contributed by atoms with Crippen LogP contribution in [0.3, 0.4) is 0 Å². The average molecular weight is 643 g/mol. The van der Waals surface area contributed by atoms with Gasteiger partial charge in [-0.15, -0.1) is 0 Å². The lowest BCUT2D eigenvalue weighted by Crippen LogP contribution is -2.51. The minimum atomic E-state index is -0.601. The molecule has 0 amide bonds. The summed E-state index contributed by atoms with van der Waals surface area (Å²) in [6.07, 6.45) is 20.9. The van der Waals surface area contributed by atoms with Gasteiger partial charge in [-0.2, -0.15) is 11.8 Å². The minimum Gasteiger partial charge on any atom is -0.463 e. The second-order valence-electron chi connectivity index (χ2n) is 14.9. The molecule has 1 heterocycles. The Bertz CT molecular complexity index is 1150. The van der Waals surface area contributed by atoms with Gasteiger partial charge in [0.1, 0.15) is 18.8 Å². The van der Waals surface area contributed by atoms with E-state index in [1.165, 1.54) is 76.7 Å². The third-order valence-corrected chi connectivity index (χ3v) is 13.2. The van der Waals surface area contributed by atoms with Gasteiger partial charge in [0.25, 0.3) is 0 Å². The fourth-order valence-corrected chi connectivity index (χ4v) is 10.7. The number of carbonyl (C=O) groups is 2. The van der Waals surface area contributed by atoms with Crippen LogP contribution in [-0.2, 0) is 28.5 Å². The van der Waals surface area contributed by atoms with E-state index in [0.29, 0.717) is 5.41 Å². The van der Waals surface area contributed by atoms with Crippen molar-refractivity contribution in [3.8, 4) is 0 Å². The maximum absolute atomic E-state index is 11.6. The largest absolute Gasteiger partial charge is 0.463 e. The third-order valence-electron chi connectivity index (χ3n) is 12.2. The molecule has 0 aromatic rings. The van der Waals surface area contributed by atoms with Gasteiger partial charge >= 0.3 is 11.9 Å². The highest BCUT2D eigenvalue weighted by Crippen LogP contribution is 2.67. The van der Waals surface area contributed by atoms with Crippen molar-refractivity contribution in [2.24, 2.45) is 34.5 Å². The Hall–Kier alpha value is -1.57. The van der Waals surface area contributed by atoms with E-state index in [4.69, 9.17) is 18.9 Å². The second kappa shape index (κ2) is 15.1. The van der Waals surface area contributed by atoms with Gasteiger partial charge in [-0.25, -0.2) is 0 Å². The number of rotatable bonds is 12. The molecule has 10 atom stereocenters. The summed E-state index contributed by atoms with van der Waals surface area (Å²) in [7, 11) is 0. The molecule has 0 aromatic heterocycles. The molecule has 3 fully saturated rings. The summed E-state index contributed by atoms with van der Waals surface area (Å²) >= 11 is 2.07. The molecule has 1 aliphatic heterocycles. The van der Waals surface area contributed by atoms with Crippen molar-refractivity contribution in [2.75, 3.05) is 18.1 Å². The van der Waals surface area contributed by atoms with E-state index in [0.717, 1.165) is 42.9 Å². The van der Waals surface area contributed by atoms with Crippen LogP contribution in [0.15, 0.2) is 35.5 Å².